The van der Waals surface area contributed by atoms with Gasteiger partial charge in [0.25, 0.3) is 0 Å². The quantitative estimate of drug-likeness (QED) is 0.620. The van der Waals surface area contributed by atoms with Crippen molar-refractivity contribution in [1.29, 1.82) is 0 Å². The molecule has 0 saturated carbocycles. The van der Waals surface area contributed by atoms with Crippen molar-refractivity contribution in [3.05, 3.63) is 71.2 Å². The Labute approximate surface area is 160 Å². The van der Waals surface area contributed by atoms with Crippen LogP contribution in [0.4, 0.5) is 5.82 Å². The SMILES string of the molecule is COc1ccc(CNc2ncncc2C(=O)OCc2ncccn2)cc1Cl. The van der Waals surface area contributed by atoms with Crippen LogP contribution in [-0.2, 0) is 17.9 Å². The molecule has 3 aromatic rings. The molecule has 0 fully saturated rings. The van der Waals surface area contributed by atoms with Crippen molar-refractivity contribution < 1.29 is 14.3 Å². The summed E-state index contributed by atoms with van der Waals surface area (Å²) < 4.78 is 10.4. The van der Waals surface area contributed by atoms with Gasteiger partial charge in [-0.2, -0.15) is 0 Å². The lowest BCUT2D eigenvalue weighted by atomic mass is 10.2. The van der Waals surface area contributed by atoms with Crippen LogP contribution < -0.4 is 10.1 Å². The number of hydrogen-bond acceptors (Lipinski definition) is 8. The smallest absolute Gasteiger partial charge is 0.343 e. The van der Waals surface area contributed by atoms with E-state index < -0.39 is 5.97 Å². The van der Waals surface area contributed by atoms with Gasteiger partial charge < -0.3 is 14.8 Å². The van der Waals surface area contributed by atoms with Crippen molar-refractivity contribution in [1.82, 2.24) is 19.9 Å². The molecule has 1 N–H and O–H groups in total. The van der Waals surface area contributed by atoms with Gasteiger partial charge in [-0.05, 0) is 23.8 Å². The molecule has 0 unspecified atom stereocenters. The maximum absolute atomic E-state index is 12.4. The zero-order valence-corrected chi connectivity index (χ0v) is 15.2. The first-order valence-electron chi connectivity index (χ1n) is 7.96. The van der Waals surface area contributed by atoms with Crippen LogP contribution in [0.5, 0.6) is 5.75 Å². The van der Waals surface area contributed by atoms with Crippen molar-refractivity contribution >= 4 is 23.4 Å². The van der Waals surface area contributed by atoms with Gasteiger partial charge in [0.05, 0.1) is 12.1 Å². The molecule has 27 heavy (non-hydrogen) atoms. The van der Waals surface area contributed by atoms with Crippen molar-refractivity contribution in [2.75, 3.05) is 12.4 Å². The molecule has 0 aliphatic carbocycles. The number of hydrogen-bond donors (Lipinski definition) is 1. The van der Waals surface area contributed by atoms with Crippen LogP contribution in [0.25, 0.3) is 0 Å². The molecule has 0 spiro atoms. The number of esters is 1. The van der Waals surface area contributed by atoms with Crippen LogP contribution in [0, 0.1) is 0 Å². The minimum atomic E-state index is -0.571. The first-order valence-corrected chi connectivity index (χ1v) is 8.34. The van der Waals surface area contributed by atoms with E-state index in [-0.39, 0.29) is 12.2 Å². The number of aromatic nitrogens is 4. The number of nitrogens with one attached hydrogen (secondary N) is 1. The molecule has 3 rings (SSSR count). The summed E-state index contributed by atoms with van der Waals surface area (Å²) >= 11 is 6.13. The molecule has 0 aliphatic rings. The number of carbonyl (C=O) groups excluding carboxylic acids is 1. The summed E-state index contributed by atoms with van der Waals surface area (Å²) in [5.74, 6) is 0.786. The maximum atomic E-state index is 12.4. The summed E-state index contributed by atoms with van der Waals surface area (Å²) in [6.45, 7) is 0.366. The second-order valence-electron chi connectivity index (χ2n) is 5.35. The molecule has 0 radical (unpaired) electrons. The molecule has 0 bridgehead atoms. The van der Waals surface area contributed by atoms with Gasteiger partial charge in [-0.1, -0.05) is 17.7 Å². The summed E-state index contributed by atoms with van der Waals surface area (Å²) in [6.07, 6.45) is 5.90. The second-order valence-corrected chi connectivity index (χ2v) is 5.76. The molecule has 0 atom stereocenters. The van der Waals surface area contributed by atoms with Gasteiger partial charge in [0.2, 0.25) is 0 Å². The van der Waals surface area contributed by atoms with E-state index in [1.807, 2.05) is 6.07 Å². The lowest BCUT2D eigenvalue weighted by molar-refractivity contribution is 0.0462. The lowest BCUT2D eigenvalue weighted by Crippen LogP contribution is -2.12. The highest BCUT2D eigenvalue weighted by molar-refractivity contribution is 6.32. The normalized spacial score (nSPS) is 10.3. The number of rotatable bonds is 7. The van der Waals surface area contributed by atoms with Gasteiger partial charge >= 0.3 is 5.97 Å². The molecule has 0 aliphatic heterocycles. The Balaban J connectivity index is 1.66. The average Bonchev–Trinajstić information content (AvgIpc) is 2.71. The Morgan fingerprint density at radius 2 is 2.04 bits per heavy atom. The van der Waals surface area contributed by atoms with Crippen LogP contribution in [0.15, 0.2) is 49.2 Å². The maximum Gasteiger partial charge on any atom is 0.343 e. The third-order valence-electron chi connectivity index (χ3n) is 3.56. The fourth-order valence-corrected chi connectivity index (χ4v) is 2.52. The summed E-state index contributed by atoms with van der Waals surface area (Å²) in [4.78, 5) is 28.4. The fraction of sp³-hybridized carbons (Fsp3) is 0.167. The van der Waals surface area contributed by atoms with E-state index in [4.69, 9.17) is 21.1 Å². The van der Waals surface area contributed by atoms with E-state index in [2.05, 4.69) is 25.3 Å². The van der Waals surface area contributed by atoms with Crippen molar-refractivity contribution in [3.8, 4) is 5.75 Å². The molecule has 1 aromatic carbocycles. The molecular formula is C18H16ClN5O3. The van der Waals surface area contributed by atoms with E-state index in [9.17, 15) is 4.79 Å². The summed E-state index contributed by atoms with van der Waals surface area (Å²) in [6, 6.07) is 7.10. The van der Waals surface area contributed by atoms with Gasteiger partial charge in [0.15, 0.2) is 12.4 Å². The Kier molecular flexibility index (Phi) is 6.11. The van der Waals surface area contributed by atoms with Crippen molar-refractivity contribution in [2.24, 2.45) is 0 Å². The number of ether oxygens (including phenoxy) is 2. The minimum Gasteiger partial charge on any atom is -0.495 e. The van der Waals surface area contributed by atoms with Gasteiger partial charge in [0, 0.05) is 25.1 Å². The first kappa shape index (κ1) is 18.5. The minimum absolute atomic E-state index is 0.0396. The molecule has 9 heteroatoms. The van der Waals surface area contributed by atoms with Crippen molar-refractivity contribution in [2.45, 2.75) is 13.2 Å². The topological polar surface area (TPSA) is 99.1 Å². The monoisotopic (exact) mass is 385 g/mol. The molecule has 2 heterocycles. The number of nitrogens with zero attached hydrogens (tertiary/aromatic N) is 4. The Hall–Kier alpha value is -3.26. The average molecular weight is 386 g/mol. The predicted octanol–water partition coefficient (Wildman–Crippen LogP) is 2.90. The van der Waals surface area contributed by atoms with Gasteiger partial charge in [0.1, 0.15) is 23.5 Å². The summed E-state index contributed by atoms with van der Waals surface area (Å²) in [7, 11) is 1.55. The zero-order valence-electron chi connectivity index (χ0n) is 14.4. The summed E-state index contributed by atoms with van der Waals surface area (Å²) in [5.41, 5.74) is 1.12. The third-order valence-corrected chi connectivity index (χ3v) is 3.86. The van der Waals surface area contributed by atoms with Crippen LogP contribution in [0.2, 0.25) is 5.02 Å². The summed E-state index contributed by atoms with van der Waals surface area (Å²) in [5, 5.41) is 3.59. The van der Waals surface area contributed by atoms with E-state index in [1.54, 1.807) is 37.7 Å². The molecule has 0 saturated heterocycles. The molecule has 0 amide bonds. The standard InChI is InChI=1S/C18H16ClN5O3/c1-26-15-4-3-12(7-14(15)19)8-23-17-13(9-20-11-24-17)18(25)27-10-16-21-5-2-6-22-16/h2-7,9,11H,8,10H2,1H3,(H,20,23,24). The second kappa shape index (κ2) is 8.91. The molecule has 2 aromatic heterocycles. The molecule has 138 valence electrons. The zero-order chi connectivity index (χ0) is 19.1. The highest BCUT2D eigenvalue weighted by Gasteiger charge is 2.15. The number of benzene rings is 1. The van der Waals surface area contributed by atoms with Crippen molar-refractivity contribution in [3.63, 3.8) is 0 Å². The highest BCUT2D eigenvalue weighted by Crippen LogP contribution is 2.25. The van der Waals surface area contributed by atoms with E-state index in [1.165, 1.54) is 12.5 Å². The first-order chi connectivity index (χ1) is 13.2. The van der Waals surface area contributed by atoms with Crippen LogP contribution >= 0.6 is 11.6 Å². The number of halogens is 1. The molecule has 8 nitrogen and oxygen atoms in total. The van der Waals surface area contributed by atoms with E-state index >= 15 is 0 Å². The van der Waals surface area contributed by atoms with Crippen LogP contribution in [0.3, 0.4) is 0 Å². The fourth-order valence-electron chi connectivity index (χ4n) is 2.24. The Bertz CT molecular complexity index is 924. The number of carbonyl (C=O) groups is 1. The Morgan fingerprint density at radius 3 is 2.78 bits per heavy atom. The van der Waals surface area contributed by atoms with Gasteiger partial charge in [-0.25, -0.2) is 24.7 Å². The predicted molar refractivity (Wildman–Crippen MR) is 98.5 cm³/mol. The third kappa shape index (κ3) is 4.89. The number of anilines is 1. The number of methoxy groups -OCH3 is 1. The van der Waals surface area contributed by atoms with Gasteiger partial charge in [-0.15, -0.1) is 0 Å². The van der Waals surface area contributed by atoms with E-state index in [0.717, 1.165) is 5.56 Å². The highest BCUT2D eigenvalue weighted by atomic mass is 35.5. The molecular weight excluding hydrogens is 370 g/mol. The van der Waals surface area contributed by atoms with E-state index in [0.29, 0.717) is 29.0 Å². The van der Waals surface area contributed by atoms with Crippen LogP contribution in [0.1, 0.15) is 21.7 Å². The lowest BCUT2D eigenvalue weighted by Gasteiger charge is -2.11. The van der Waals surface area contributed by atoms with Gasteiger partial charge in [-0.3, -0.25) is 0 Å². The largest absolute Gasteiger partial charge is 0.495 e. The Morgan fingerprint density at radius 1 is 1.22 bits per heavy atom. The van der Waals surface area contributed by atoms with Crippen LogP contribution in [-0.4, -0.2) is 33.0 Å².